The van der Waals surface area contributed by atoms with Gasteiger partial charge in [0, 0.05) is 0 Å². The van der Waals surface area contributed by atoms with Crippen LogP contribution in [-0.4, -0.2) is 20.9 Å². The van der Waals surface area contributed by atoms with E-state index in [-0.39, 0.29) is 11.9 Å². The van der Waals surface area contributed by atoms with Crippen molar-refractivity contribution in [2.24, 2.45) is 0 Å². The molecule has 0 aliphatic rings. The second-order valence-electron chi connectivity index (χ2n) is 5.01. The first-order valence-electron chi connectivity index (χ1n) is 6.97. The van der Waals surface area contributed by atoms with Gasteiger partial charge in [0.25, 0.3) is 5.91 Å². The number of aromatic nitrogens is 3. The third-order valence-corrected chi connectivity index (χ3v) is 4.32. The van der Waals surface area contributed by atoms with Crippen LogP contribution in [0.2, 0.25) is 0 Å². The number of thiophene rings is 1. The second-order valence-corrected chi connectivity index (χ2v) is 5.92. The number of hydrogen-bond acceptors (Lipinski definition) is 4. The molecule has 1 unspecified atom stereocenters. The predicted molar refractivity (Wildman–Crippen MR) is 85.7 cm³/mol. The fourth-order valence-electron chi connectivity index (χ4n) is 2.20. The van der Waals surface area contributed by atoms with Crippen LogP contribution in [-0.2, 0) is 6.54 Å². The molecule has 22 heavy (non-hydrogen) atoms. The van der Waals surface area contributed by atoms with Crippen molar-refractivity contribution in [2.45, 2.75) is 19.5 Å². The molecule has 2 aromatic heterocycles. The maximum atomic E-state index is 12.4. The Kier molecular flexibility index (Phi) is 4.29. The zero-order valence-electron chi connectivity index (χ0n) is 12.1. The number of nitrogens with one attached hydrogen (secondary N) is 1. The molecule has 1 aromatic carbocycles. The van der Waals surface area contributed by atoms with E-state index < -0.39 is 0 Å². The van der Waals surface area contributed by atoms with Crippen LogP contribution in [0.5, 0.6) is 0 Å². The fourth-order valence-corrected chi connectivity index (χ4v) is 3.00. The first kappa shape index (κ1) is 14.5. The fraction of sp³-hybridized carbons (Fsp3) is 0.188. The van der Waals surface area contributed by atoms with Gasteiger partial charge >= 0.3 is 0 Å². The van der Waals surface area contributed by atoms with E-state index in [9.17, 15) is 4.79 Å². The molecule has 3 rings (SSSR count). The van der Waals surface area contributed by atoms with Crippen LogP contribution >= 0.6 is 11.3 Å². The van der Waals surface area contributed by atoms with Gasteiger partial charge in [-0.25, -0.2) is 0 Å². The predicted octanol–water partition coefficient (Wildman–Crippen LogP) is 2.82. The molecule has 0 fully saturated rings. The maximum absolute atomic E-state index is 12.4. The van der Waals surface area contributed by atoms with Crippen molar-refractivity contribution in [1.82, 2.24) is 20.3 Å². The molecular formula is C16H16N4OS. The van der Waals surface area contributed by atoms with Gasteiger partial charge in [-0.05, 0) is 29.5 Å². The SMILES string of the molecule is Cc1csc(C(=O)NC(Cn2nccn2)c2ccccc2)c1. The van der Waals surface area contributed by atoms with Crippen LogP contribution < -0.4 is 5.32 Å². The Bertz CT molecular complexity index is 737. The van der Waals surface area contributed by atoms with Crippen LogP contribution in [0.25, 0.3) is 0 Å². The number of amides is 1. The standard InChI is InChI=1S/C16H16N4OS/c1-12-9-15(22-11-12)16(21)19-14(10-20-17-7-8-18-20)13-5-3-2-4-6-13/h2-9,11,14H,10H2,1H3,(H,19,21). The van der Waals surface area contributed by atoms with Crippen LogP contribution in [0.1, 0.15) is 26.8 Å². The highest BCUT2D eigenvalue weighted by Gasteiger charge is 2.18. The summed E-state index contributed by atoms with van der Waals surface area (Å²) in [6, 6.07) is 11.6. The van der Waals surface area contributed by atoms with E-state index in [0.29, 0.717) is 11.4 Å². The van der Waals surface area contributed by atoms with Gasteiger partial charge in [0.1, 0.15) is 0 Å². The third-order valence-electron chi connectivity index (χ3n) is 3.27. The average molecular weight is 312 g/mol. The van der Waals surface area contributed by atoms with Crippen molar-refractivity contribution < 1.29 is 4.79 Å². The topological polar surface area (TPSA) is 59.8 Å². The van der Waals surface area contributed by atoms with Gasteiger partial charge < -0.3 is 5.32 Å². The van der Waals surface area contributed by atoms with Crippen molar-refractivity contribution in [3.8, 4) is 0 Å². The average Bonchev–Trinajstić information content (AvgIpc) is 3.19. The first-order valence-corrected chi connectivity index (χ1v) is 7.85. The smallest absolute Gasteiger partial charge is 0.261 e. The summed E-state index contributed by atoms with van der Waals surface area (Å²) in [4.78, 5) is 14.7. The van der Waals surface area contributed by atoms with Gasteiger partial charge in [-0.15, -0.1) is 11.3 Å². The summed E-state index contributed by atoms with van der Waals surface area (Å²) in [6.45, 7) is 2.47. The number of rotatable bonds is 5. The first-order chi connectivity index (χ1) is 10.7. The Balaban J connectivity index is 1.80. The molecule has 3 aromatic rings. The lowest BCUT2D eigenvalue weighted by Gasteiger charge is -2.18. The van der Waals surface area contributed by atoms with Gasteiger partial charge in [0.05, 0.1) is 29.9 Å². The maximum Gasteiger partial charge on any atom is 0.261 e. The van der Waals surface area contributed by atoms with E-state index >= 15 is 0 Å². The molecule has 5 nitrogen and oxygen atoms in total. The zero-order chi connectivity index (χ0) is 15.4. The summed E-state index contributed by atoms with van der Waals surface area (Å²) in [5.41, 5.74) is 2.13. The van der Waals surface area contributed by atoms with Gasteiger partial charge in [0.2, 0.25) is 0 Å². The van der Waals surface area contributed by atoms with Crippen molar-refractivity contribution in [3.63, 3.8) is 0 Å². The number of nitrogens with zero attached hydrogens (tertiary/aromatic N) is 3. The molecule has 112 valence electrons. The summed E-state index contributed by atoms with van der Waals surface area (Å²) in [5.74, 6) is -0.0703. The third kappa shape index (κ3) is 3.40. The molecule has 6 heteroatoms. The quantitative estimate of drug-likeness (QED) is 0.788. The lowest BCUT2D eigenvalue weighted by molar-refractivity contribution is 0.0935. The van der Waals surface area contributed by atoms with Gasteiger partial charge in [-0.1, -0.05) is 30.3 Å². The Morgan fingerprint density at radius 3 is 2.64 bits per heavy atom. The molecule has 0 bridgehead atoms. The van der Waals surface area contributed by atoms with E-state index in [0.717, 1.165) is 11.1 Å². The summed E-state index contributed by atoms with van der Waals surface area (Å²) in [5, 5.41) is 13.3. The van der Waals surface area contributed by atoms with Crippen LogP contribution in [0, 0.1) is 6.92 Å². The Labute approximate surface area is 132 Å². The summed E-state index contributed by atoms with van der Waals surface area (Å²) < 4.78 is 0. The van der Waals surface area contributed by atoms with Gasteiger partial charge in [-0.3, -0.25) is 4.79 Å². The number of carbonyl (C=O) groups excluding carboxylic acids is 1. The molecule has 0 radical (unpaired) electrons. The Morgan fingerprint density at radius 1 is 1.27 bits per heavy atom. The molecule has 0 aliphatic carbocycles. The number of hydrogen-bond donors (Lipinski definition) is 1. The number of benzene rings is 1. The van der Waals surface area contributed by atoms with Crippen LogP contribution in [0.15, 0.2) is 54.2 Å². The lowest BCUT2D eigenvalue weighted by atomic mass is 10.1. The number of carbonyl (C=O) groups is 1. The van der Waals surface area contributed by atoms with E-state index in [2.05, 4.69) is 15.5 Å². The minimum Gasteiger partial charge on any atom is -0.343 e. The highest BCUT2D eigenvalue weighted by Crippen LogP contribution is 2.18. The largest absolute Gasteiger partial charge is 0.343 e. The van der Waals surface area contributed by atoms with Crippen LogP contribution in [0.3, 0.4) is 0 Å². The highest BCUT2D eigenvalue weighted by molar-refractivity contribution is 7.12. The highest BCUT2D eigenvalue weighted by atomic mass is 32.1. The van der Waals surface area contributed by atoms with E-state index in [1.165, 1.54) is 11.3 Å². The monoisotopic (exact) mass is 312 g/mol. The molecule has 2 heterocycles. The molecule has 0 saturated heterocycles. The molecular weight excluding hydrogens is 296 g/mol. The van der Waals surface area contributed by atoms with Crippen molar-refractivity contribution in [3.05, 3.63) is 70.2 Å². The minimum atomic E-state index is -0.177. The molecule has 0 spiro atoms. The molecule has 1 N–H and O–H groups in total. The molecule has 0 saturated carbocycles. The van der Waals surface area contributed by atoms with E-state index in [1.54, 1.807) is 17.2 Å². The minimum absolute atomic E-state index is 0.0703. The Hall–Kier alpha value is -2.47. The summed E-state index contributed by atoms with van der Waals surface area (Å²) >= 11 is 1.45. The van der Waals surface area contributed by atoms with Crippen LogP contribution in [0.4, 0.5) is 0 Å². The van der Waals surface area contributed by atoms with Gasteiger partial charge in [-0.2, -0.15) is 15.0 Å². The normalized spacial score (nSPS) is 12.0. The molecule has 1 amide bonds. The second kappa shape index (κ2) is 6.53. The summed E-state index contributed by atoms with van der Waals surface area (Å²) in [7, 11) is 0. The van der Waals surface area contributed by atoms with Crippen molar-refractivity contribution in [1.29, 1.82) is 0 Å². The van der Waals surface area contributed by atoms with E-state index in [4.69, 9.17) is 0 Å². The number of aryl methyl sites for hydroxylation is 1. The van der Waals surface area contributed by atoms with Crippen molar-refractivity contribution >= 4 is 17.2 Å². The Morgan fingerprint density at radius 2 is 2.00 bits per heavy atom. The van der Waals surface area contributed by atoms with E-state index in [1.807, 2.05) is 48.7 Å². The van der Waals surface area contributed by atoms with Crippen molar-refractivity contribution in [2.75, 3.05) is 0 Å². The molecule has 1 atom stereocenters. The van der Waals surface area contributed by atoms with Gasteiger partial charge in [0.15, 0.2) is 0 Å². The zero-order valence-corrected chi connectivity index (χ0v) is 13.0. The lowest BCUT2D eigenvalue weighted by Crippen LogP contribution is -2.31. The molecule has 0 aliphatic heterocycles. The summed E-state index contributed by atoms with van der Waals surface area (Å²) in [6.07, 6.45) is 3.26.